The van der Waals surface area contributed by atoms with E-state index in [1.54, 1.807) is 12.3 Å². The second kappa shape index (κ2) is 6.83. The van der Waals surface area contributed by atoms with Gasteiger partial charge in [-0.25, -0.2) is 4.39 Å². The van der Waals surface area contributed by atoms with E-state index in [-0.39, 0.29) is 11.7 Å². The predicted molar refractivity (Wildman–Crippen MR) is 103 cm³/mol. The first-order valence-electron chi connectivity index (χ1n) is 9.03. The summed E-state index contributed by atoms with van der Waals surface area (Å²) in [4.78, 5) is 17.9. The van der Waals surface area contributed by atoms with Gasteiger partial charge < -0.3 is 15.2 Å². The molecule has 1 amide bonds. The van der Waals surface area contributed by atoms with Gasteiger partial charge in [-0.15, -0.1) is 0 Å². The zero-order valence-electron chi connectivity index (χ0n) is 14.8. The third-order valence-electron chi connectivity index (χ3n) is 5.16. The standard InChI is InChI=1S/C21H22FN3O/c1-14-8-10-25(11-9-14)17-5-3-16(4-6-17)24-21(26)19-13-23-20-12-15(22)2-7-18(19)20/h2-7,12-14,23H,8-11H2,1H3,(H,24,26). The van der Waals surface area contributed by atoms with Gasteiger partial charge in [0, 0.05) is 41.6 Å². The van der Waals surface area contributed by atoms with Gasteiger partial charge in [0.05, 0.1) is 5.56 Å². The maximum atomic E-state index is 13.3. The van der Waals surface area contributed by atoms with E-state index in [1.165, 1.54) is 30.7 Å². The van der Waals surface area contributed by atoms with Crippen molar-refractivity contribution in [2.75, 3.05) is 23.3 Å². The molecule has 1 aliphatic rings. The van der Waals surface area contributed by atoms with Crippen LogP contribution in [0.25, 0.3) is 10.9 Å². The van der Waals surface area contributed by atoms with Crippen LogP contribution in [0.5, 0.6) is 0 Å². The summed E-state index contributed by atoms with van der Waals surface area (Å²) >= 11 is 0. The molecule has 2 aromatic carbocycles. The van der Waals surface area contributed by atoms with Crippen LogP contribution in [0.3, 0.4) is 0 Å². The molecule has 134 valence electrons. The molecule has 1 fully saturated rings. The highest BCUT2D eigenvalue weighted by molar-refractivity contribution is 6.12. The fourth-order valence-corrected chi connectivity index (χ4v) is 3.51. The van der Waals surface area contributed by atoms with Crippen molar-refractivity contribution in [1.82, 2.24) is 4.98 Å². The van der Waals surface area contributed by atoms with Crippen LogP contribution in [0.2, 0.25) is 0 Å². The second-order valence-electron chi connectivity index (χ2n) is 7.06. The molecule has 2 heterocycles. The Hall–Kier alpha value is -2.82. The van der Waals surface area contributed by atoms with E-state index in [1.807, 2.05) is 12.1 Å². The average molecular weight is 351 g/mol. The van der Waals surface area contributed by atoms with Crippen LogP contribution in [0, 0.1) is 11.7 Å². The number of nitrogens with zero attached hydrogens (tertiary/aromatic N) is 1. The molecule has 0 atom stereocenters. The van der Waals surface area contributed by atoms with Crippen molar-refractivity contribution in [2.24, 2.45) is 5.92 Å². The number of halogens is 1. The zero-order valence-corrected chi connectivity index (χ0v) is 14.8. The average Bonchev–Trinajstić information content (AvgIpc) is 3.06. The number of nitrogens with one attached hydrogen (secondary N) is 2. The lowest BCUT2D eigenvalue weighted by atomic mass is 9.99. The van der Waals surface area contributed by atoms with E-state index < -0.39 is 0 Å². The Kier molecular flexibility index (Phi) is 4.37. The molecule has 1 saturated heterocycles. The van der Waals surface area contributed by atoms with Crippen LogP contribution >= 0.6 is 0 Å². The van der Waals surface area contributed by atoms with E-state index in [0.717, 1.165) is 24.7 Å². The number of aromatic nitrogens is 1. The van der Waals surface area contributed by atoms with Gasteiger partial charge >= 0.3 is 0 Å². The summed E-state index contributed by atoms with van der Waals surface area (Å²) in [5.41, 5.74) is 3.07. The third-order valence-corrected chi connectivity index (χ3v) is 5.16. The molecule has 0 saturated carbocycles. The van der Waals surface area contributed by atoms with Gasteiger partial charge in [0.25, 0.3) is 5.91 Å². The molecule has 1 aliphatic heterocycles. The number of amides is 1. The number of piperidine rings is 1. The Balaban J connectivity index is 1.47. The lowest BCUT2D eigenvalue weighted by Crippen LogP contribution is -2.32. The second-order valence-corrected chi connectivity index (χ2v) is 7.06. The molecule has 4 nitrogen and oxygen atoms in total. The van der Waals surface area contributed by atoms with Crippen LogP contribution in [0.15, 0.2) is 48.7 Å². The van der Waals surface area contributed by atoms with Crippen molar-refractivity contribution in [3.63, 3.8) is 0 Å². The Morgan fingerprint density at radius 1 is 1.15 bits per heavy atom. The minimum Gasteiger partial charge on any atom is -0.372 e. The molecular weight excluding hydrogens is 329 g/mol. The monoisotopic (exact) mass is 351 g/mol. The van der Waals surface area contributed by atoms with Gasteiger partial charge in [0.2, 0.25) is 0 Å². The Labute approximate surface area is 152 Å². The van der Waals surface area contributed by atoms with E-state index >= 15 is 0 Å². The number of H-pyrrole nitrogens is 1. The van der Waals surface area contributed by atoms with Gasteiger partial charge in [-0.2, -0.15) is 0 Å². The molecule has 3 aromatic rings. The Bertz CT molecular complexity index is 924. The van der Waals surface area contributed by atoms with Crippen LogP contribution in [0.1, 0.15) is 30.1 Å². The maximum Gasteiger partial charge on any atom is 0.257 e. The topological polar surface area (TPSA) is 48.1 Å². The maximum absolute atomic E-state index is 13.3. The quantitative estimate of drug-likeness (QED) is 0.712. The van der Waals surface area contributed by atoms with Crippen LogP contribution in [-0.2, 0) is 0 Å². The summed E-state index contributed by atoms with van der Waals surface area (Å²) in [6.07, 6.45) is 4.06. The fourth-order valence-electron chi connectivity index (χ4n) is 3.51. The summed E-state index contributed by atoms with van der Waals surface area (Å²) in [5, 5.41) is 3.63. The largest absolute Gasteiger partial charge is 0.372 e. The number of aromatic amines is 1. The molecule has 26 heavy (non-hydrogen) atoms. The highest BCUT2D eigenvalue weighted by atomic mass is 19.1. The molecule has 0 radical (unpaired) electrons. The first-order chi connectivity index (χ1) is 12.6. The molecule has 2 N–H and O–H groups in total. The van der Waals surface area contributed by atoms with Gasteiger partial charge in [-0.05, 0) is 61.2 Å². The van der Waals surface area contributed by atoms with Crippen molar-refractivity contribution in [3.8, 4) is 0 Å². The molecule has 4 rings (SSSR count). The van der Waals surface area contributed by atoms with E-state index in [4.69, 9.17) is 0 Å². The normalized spacial score (nSPS) is 15.4. The van der Waals surface area contributed by atoms with Crippen LogP contribution in [0.4, 0.5) is 15.8 Å². The molecule has 5 heteroatoms. The molecule has 0 spiro atoms. The highest BCUT2D eigenvalue weighted by Crippen LogP contribution is 2.25. The number of hydrogen-bond donors (Lipinski definition) is 2. The molecule has 0 aliphatic carbocycles. The minimum atomic E-state index is -0.325. The summed E-state index contributed by atoms with van der Waals surface area (Å²) in [5.74, 6) is 0.269. The van der Waals surface area contributed by atoms with E-state index in [0.29, 0.717) is 16.5 Å². The van der Waals surface area contributed by atoms with Gasteiger partial charge in [0.15, 0.2) is 0 Å². The summed E-state index contributed by atoms with van der Waals surface area (Å²) in [7, 11) is 0. The lowest BCUT2D eigenvalue weighted by molar-refractivity contribution is 0.102. The van der Waals surface area contributed by atoms with Crippen LogP contribution in [-0.4, -0.2) is 24.0 Å². The number of fused-ring (bicyclic) bond motifs is 1. The highest BCUT2D eigenvalue weighted by Gasteiger charge is 2.16. The Morgan fingerprint density at radius 2 is 1.88 bits per heavy atom. The first-order valence-corrected chi connectivity index (χ1v) is 9.03. The summed E-state index contributed by atoms with van der Waals surface area (Å²) < 4.78 is 13.3. The number of carbonyl (C=O) groups excluding carboxylic acids is 1. The van der Waals surface area contributed by atoms with Gasteiger partial charge in [0.1, 0.15) is 5.82 Å². The molecule has 0 unspecified atom stereocenters. The van der Waals surface area contributed by atoms with Crippen LogP contribution < -0.4 is 10.2 Å². The lowest BCUT2D eigenvalue weighted by Gasteiger charge is -2.32. The van der Waals surface area contributed by atoms with E-state index in [9.17, 15) is 9.18 Å². The van der Waals surface area contributed by atoms with Crippen molar-refractivity contribution in [2.45, 2.75) is 19.8 Å². The summed E-state index contributed by atoms with van der Waals surface area (Å²) in [6, 6.07) is 12.3. The zero-order chi connectivity index (χ0) is 18.1. The van der Waals surface area contributed by atoms with Crippen molar-refractivity contribution in [3.05, 3.63) is 60.0 Å². The SMILES string of the molecule is CC1CCN(c2ccc(NC(=O)c3c[nH]c4cc(F)ccc34)cc2)CC1. The van der Waals surface area contributed by atoms with Crippen molar-refractivity contribution >= 4 is 28.2 Å². The smallest absolute Gasteiger partial charge is 0.257 e. The number of hydrogen-bond acceptors (Lipinski definition) is 2. The number of benzene rings is 2. The molecular formula is C21H22FN3O. The number of rotatable bonds is 3. The van der Waals surface area contributed by atoms with Gasteiger partial charge in [-0.1, -0.05) is 6.92 Å². The minimum absolute atomic E-state index is 0.206. The fraction of sp³-hybridized carbons (Fsp3) is 0.286. The number of carbonyl (C=O) groups is 1. The van der Waals surface area contributed by atoms with Gasteiger partial charge in [-0.3, -0.25) is 4.79 Å². The van der Waals surface area contributed by atoms with Crippen molar-refractivity contribution < 1.29 is 9.18 Å². The third kappa shape index (κ3) is 3.29. The first kappa shape index (κ1) is 16.6. The van der Waals surface area contributed by atoms with E-state index in [2.05, 4.69) is 34.3 Å². The summed E-state index contributed by atoms with van der Waals surface area (Å²) in [6.45, 7) is 4.46. The Morgan fingerprint density at radius 3 is 2.62 bits per heavy atom. The van der Waals surface area contributed by atoms with Crippen molar-refractivity contribution in [1.29, 1.82) is 0 Å². The molecule has 0 bridgehead atoms. The predicted octanol–water partition coefficient (Wildman–Crippen LogP) is 4.80. The number of anilines is 2. The molecule has 1 aromatic heterocycles.